The number of nitrogens with one attached hydrogen (secondary N) is 1. The lowest BCUT2D eigenvalue weighted by Gasteiger charge is -2.24. The highest BCUT2D eigenvalue weighted by molar-refractivity contribution is 6.33. The predicted octanol–water partition coefficient (Wildman–Crippen LogP) is 4.34. The first kappa shape index (κ1) is 29.6. The number of ether oxygens (including phenoxy) is 3. The van der Waals surface area contributed by atoms with Crippen molar-refractivity contribution in [1.82, 2.24) is 25.3 Å². The van der Waals surface area contributed by atoms with E-state index in [1.165, 1.54) is 0 Å². The Hall–Kier alpha value is -3.41. The van der Waals surface area contributed by atoms with E-state index in [1.807, 2.05) is 20.8 Å². The summed E-state index contributed by atoms with van der Waals surface area (Å²) in [4.78, 5) is 23.7. The van der Waals surface area contributed by atoms with Crippen molar-refractivity contribution in [2.24, 2.45) is 0 Å². The van der Waals surface area contributed by atoms with E-state index >= 15 is 0 Å². The van der Waals surface area contributed by atoms with Crippen molar-refractivity contribution in [2.75, 3.05) is 40.0 Å². The highest BCUT2D eigenvalue weighted by Gasteiger charge is 2.31. The average molecular weight is 574 g/mol. The largest absolute Gasteiger partial charge is 0.491 e. The number of likely N-dealkylation sites (N-methyl/N-ethyl adjacent to an activating group) is 1. The molecular weight excluding hydrogens is 538 g/mol. The van der Waals surface area contributed by atoms with E-state index in [2.05, 4.69) is 10.5 Å². The topological polar surface area (TPSA) is 132 Å². The van der Waals surface area contributed by atoms with Crippen LogP contribution in [0.15, 0.2) is 22.7 Å². The van der Waals surface area contributed by atoms with E-state index in [0.717, 1.165) is 18.4 Å². The summed E-state index contributed by atoms with van der Waals surface area (Å²) in [6, 6.07) is 5.03. The molecule has 0 saturated carbocycles. The van der Waals surface area contributed by atoms with Crippen LogP contribution in [0.3, 0.4) is 0 Å². The molecule has 0 unspecified atom stereocenters. The molecule has 11 nitrogen and oxygen atoms in total. The minimum atomic E-state index is -0.671. The smallest absolute Gasteiger partial charge is 0.410 e. The molecule has 1 aliphatic heterocycles. The number of aryl methyl sites for hydroxylation is 2. The Balaban J connectivity index is 1.70. The van der Waals surface area contributed by atoms with Crippen molar-refractivity contribution in [2.45, 2.75) is 52.7 Å². The fraction of sp³-hybridized carbons (Fsp3) is 0.500. The molecule has 2 N–H and O–H groups in total. The molecule has 0 aliphatic carbocycles. The Morgan fingerprint density at radius 2 is 2.08 bits per heavy atom. The quantitative estimate of drug-likeness (QED) is 0.341. The van der Waals surface area contributed by atoms with Gasteiger partial charge in [0.15, 0.2) is 5.82 Å². The number of nitrogens with zero attached hydrogens (tertiary/aromatic N) is 4. The summed E-state index contributed by atoms with van der Waals surface area (Å²) >= 11 is 6.61. The van der Waals surface area contributed by atoms with Gasteiger partial charge in [-0.05, 0) is 65.8 Å². The third-order valence-electron chi connectivity index (χ3n) is 6.72. The summed E-state index contributed by atoms with van der Waals surface area (Å²) in [5.41, 5.74) is 3.28. The van der Waals surface area contributed by atoms with Crippen LogP contribution >= 0.6 is 11.6 Å². The number of aliphatic hydroxyl groups is 1. The van der Waals surface area contributed by atoms with Crippen LogP contribution in [-0.4, -0.2) is 83.3 Å². The molecule has 3 heterocycles. The number of hydrogen-bond donors (Lipinski definition) is 2. The number of aromatic nitrogens is 3. The second-order valence-corrected chi connectivity index (χ2v) is 10.1. The molecule has 2 atom stereocenters. The second kappa shape index (κ2) is 13.3. The molecule has 12 heteroatoms. The van der Waals surface area contributed by atoms with Crippen LogP contribution in [0.1, 0.15) is 36.8 Å². The predicted molar refractivity (Wildman–Crippen MR) is 150 cm³/mol. The molecule has 0 radical (unpaired) electrons. The van der Waals surface area contributed by atoms with Crippen LogP contribution < -0.4 is 14.8 Å². The Bertz CT molecular complexity index is 1310. The molecular formula is C28H36ClN5O6. The van der Waals surface area contributed by atoms with E-state index in [1.54, 1.807) is 37.1 Å². The fourth-order valence-corrected chi connectivity index (χ4v) is 4.91. The zero-order valence-corrected chi connectivity index (χ0v) is 24.2. The molecule has 3 aromatic rings. The number of halogens is 1. The Kier molecular flexibility index (Phi) is 9.83. The normalized spacial score (nSPS) is 15.8. The molecule has 216 valence electrons. The van der Waals surface area contributed by atoms with Crippen molar-refractivity contribution in [3.05, 3.63) is 40.2 Å². The molecule has 0 bridgehead atoms. The molecule has 40 heavy (non-hydrogen) atoms. The molecule has 1 amide bonds. The van der Waals surface area contributed by atoms with Gasteiger partial charge in [0.25, 0.3) is 0 Å². The third-order valence-corrected chi connectivity index (χ3v) is 7.05. The van der Waals surface area contributed by atoms with E-state index < -0.39 is 6.10 Å². The molecule has 1 saturated heterocycles. The lowest BCUT2D eigenvalue weighted by atomic mass is 10.1. The van der Waals surface area contributed by atoms with Crippen molar-refractivity contribution in [3.63, 3.8) is 0 Å². The van der Waals surface area contributed by atoms with Crippen LogP contribution in [0, 0.1) is 20.8 Å². The lowest BCUT2D eigenvalue weighted by Crippen LogP contribution is -2.39. The highest BCUT2D eigenvalue weighted by atomic mass is 35.5. The summed E-state index contributed by atoms with van der Waals surface area (Å²) in [5.74, 6) is 1.82. The van der Waals surface area contributed by atoms with Crippen LogP contribution in [0.2, 0.25) is 5.02 Å². The van der Waals surface area contributed by atoms with Gasteiger partial charge in [-0.15, -0.1) is 0 Å². The van der Waals surface area contributed by atoms with E-state index in [-0.39, 0.29) is 25.3 Å². The number of carbonyl (C=O) groups excluding carboxylic acids is 1. The number of likely N-dealkylation sites (tertiary alicyclic amines) is 1. The number of aliphatic hydroxyl groups excluding tert-OH is 1. The van der Waals surface area contributed by atoms with Gasteiger partial charge in [0.2, 0.25) is 5.88 Å². The standard InChI is InChI=1S/C28H36ClN5O6/c1-6-37-28(36)34-11-7-8-19(34)14-39-27-16(2)25(24-17(3)33-40-18(24)4)31-26(32-27)22-12-21(9-10-23(22)29)38-15-20(35)13-30-5/h9-10,12,19-20,30,35H,6-8,11,13-15H2,1-5H3/t19-,20-/m1/s1. The molecule has 1 aromatic carbocycles. The molecule has 1 aliphatic rings. The minimum Gasteiger partial charge on any atom is -0.491 e. The van der Waals surface area contributed by atoms with Gasteiger partial charge in [-0.25, -0.2) is 9.78 Å². The van der Waals surface area contributed by atoms with Gasteiger partial charge in [0.1, 0.15) is 30.8 Å². The summed E-state index contributed by atoms with van der Waals surface area (Å²) in [6.45, 7) is 9.03. The Morgan fingerprint density at radius 1 is 1.27 bits per heavy atom. The molecule has 4 rings (SSSR count). The van der Waals surface area contributed by atoms with Gasteiger partial charge in [-0.3, -0.25) is 0 Å². The van der Waals surface area contributed by atoms with Crippen molar-refractivity contribution < 1.29 is 28.6 Å². The van der Waals surface area contributed by atoms with Gasteiger partial charge in [0.05, 0.1) is 34.6 Å². The lowest BCUT2D eigenvalue weighted by molar-refractivity contribution is 0.0910. The summed E-state index contributed by atoms with van der Waals surface area (Å²) in [7, 11) is 1.76. The first-order valence-electron chi connectivity index (χ1n) is 13.4. The van der Waals surface area contributed by atoms with Gasteiger partial charge in [0, 0.05) is 24.2 Å². The summed E-state index contributed by atoms with van der Waals surface area (Å²) in [6.07, 6.45) is 0.664. The number of benzene rings is 1. The third kappa shape index (κ3) is 6.65. The zero-order chi connectivity index (χ0) is 28.8. The number of amides is 1. The molecule has 2 aromatic heterocycles. The van der Waals surface area contributed by atoms with Crippen LogP contribution in [0.4, 0.5) is 4.79 Å². The SMILES string of the molecule is CCOC(=O)N1CCC[C@@H]1COc1nc(-c2cc(OC[C@H](O)CNC)ccc2Cl)nc(-c2c(C)noc2C)c1C. The van der Waals surface area contributed by atoms with Crippen LogP contribution in [0.5, 0.6) is 11.6 Å². The monoisotopic (exact) mass is 573 g/mol. The van der Waals surface area contributed by atoms with Crippen molar-refractivity contribution in [1.29, 1.82) is 0 Å². The first-order chi connectivity index (χ1) is 19.2. The van der Waals surface area contributed by atoms with Crippen molar-refractivity contribution >= 4 is 17.7 Å². The average Bonchev–Trinajstić information content (AvgIpc) is 3.54. The number of carbonyl (C=O) groups is 1. The zero-order valence-electron chi connectivity index (χ0n) is 23.5. The van der Waals surface area contributed by atoms with Gasteiger partial charge in [-0.2, -0.15) is 4.98 Å². The van der Waals surface area contributed by atoms with Gasteiger partial charge >= 0.3 is 6.09 Å². The van der Waals surface area contributed by atoms with Gasteiger partial charge in [-0.1, -0.05) is 16.8 Å². The maximum Gasteiger partial charge on any atom is 0.410 e. The molecule has 0 spiro atoms. The maximum atomic E-state index is 12.4. The van der Waals surface area contributed by atoms with E-state index in [0.29, 0.717) is 70.4 Å². The second-order valence-electron chi connectivity index (χ2n) is 9.69. The Morgan fingerprint density at radius 3 is 2.77 bits per heavy atom. The number of hydrogen-bond acceptors (Lipinski definition) is 10. The van der Waals surface area contributed by atoms with Crippen molar-refractivity contribution in [3.8, 4) is 34.3 Å². The minimum absolute atomic E-state index is 0.105. The summed E-state index contributed by atoms with van der Waals surface area (Å²) < 4.78 is 22.7. The summed E-state index contributed by atoms with van der Waals surface area (Å²) in [5, 5.41) is 17.5. The van der Waals surface area contributed by atoms with E-state index in [9.17, 15) is 9.90 Å². The van der Waals surface area contributed by atoms with E-state index in [4.69, 9.17) is 40.3 Å². The maximum absolute atomic E-state index is 12.4. The van der Waals surface area contributed by atoms with Crippen LogP contribution in [0.25, 0.3) is 22.6 Å². The fourth-order valence-electron chi connectivity index (χ4n) is 4.70. The first-order valence-corrected chi connectivity index (χ1v) is 13.7. The van der Waals surface area contributed by atoms with Gasteiger partial charge < -0.3 is 34.1 Å². The van der Waals surface area contributed by atoms with Crippen LogP contribution in [-0.2, 0) is 4.74 Å². The Labute approximate surface area is 238 Å². The molecule has 1 fully saturated rings. The number of rotatable bonds is 11. The highest BCUT2D eigenvalue weighted by Crippen LogP contribution is 2.37.